The molecule has 0 spiro atoms. The number of rotatable bonds is 4. The summed E-state index contributed by atoms with van der Waals surface area (Å²) in [7, 11) is 0. The molecule has 2 aromatic carbocycles. The maximum atomic E-state index is 13.5. The molecule has 1 saturated heterocycles. The van der Waals surface area contributed by atoms with E-state index in [-0.39, 0.29) is 36.3 Å². The lowest BCUT2D eigenvalue weighted by Gasteiger charge is -2.36. The summed E-state index contributed by atoms with van der Waals surface area (Å²) < 4.78 is 1.41. The first-order chi connectivity index (χ1) is 16.8. The molecule has 4 atom stereocenters. The third kappa shape index (κ3) is 3.15. The standard InChI is InChI=1S/C26H27N5O4/c1-14(2)11-18-24(34)31-19-10-6-4-8-16(19)26(35,25(31)29-18)12-20-22(32)27-13-21-28-17-9-5-3-7-15(17)23(33)30(20)21/h3-10,14,18,20,25,29,35H,11-13H2,1-2H3,(H,27,32)/t18-,20-,25+,26+/m0/s1. The Kier molecular flexibility index (Phi) is 4.84. The number of hydrogen-bond acceptors (Lipinski definition) is 6. The molecule has 0 aliphatic carbocycles. The van der Waals surface area contributed by atoms with Crippen LogP contribution >= 0.6 is 0 Å². The van der Waals surface area contributed by atoms with Crippen molar-refractivity contribution >= 4 is 28.4 Å². The van der Waals surface area contributed by atoms with Gasteiger partial charge in [-0.05, 0) is 30.5 Å². The van der Waals surface area contributed by atoms with Gasteiger partial charge in [-0.1, -0.05) is 44.2 Å². The average molecular weight is 474 g/mol. The fourth-order valence-corrected chi connectivity index (χ4v) is 5.82. The van der Waals surface area contributed by atoms with Crippen LogP contribution in [0.5, 0.6) is 0 Å². The van der Waals surface area contributed by atoms with E-state index in [1.54, 1.807) is 35.2 Å². The smallest absolute Gasteiger partial charge is 0.262 e. The third-order valence-corrected chi connectivity index (χ3v) is 7.36. The summed E-state index contributed by atoms with van der Waals surface area (Å²) in [6.07, 6.45) is -0.191. The Hall–Kier alpha value is -3.56. The van der Waals surface area contributed by atoms with Gasteiger partial charge in [0.1, 0.15) is 23.6 Å². The zero-order chi connectivity index (χ0) is 24.5. The van der Waals surface area contributed by atoms with Crippen LogP contribution in [0.3, 0.4) is 0 Å². The second kappa shape index (κ2) is 7.73. The van der Waals surface area contributed by atoms with Gasteiger partial charge in [0.2, 0.25) is 11.8 Å². The van der Waals surface area contributed by atoms with E-state index < -0.39 is 23.9 Å². The van der Waals surface area contributed by atoms with Gasteiger partial charge in [0.25, 0.3) is 5.56 Å². The fourth-order valence-electron chi connectivity index (χ4n) is 5.82. The van der Waals surface area contributed by atoms with E-state index in [9.17, 15) is 19.5 Å². The number of nitrogens with zero attached hydrogens (tertiary/aromatic N) is 3. The molecule has 9 heteroatoms. The summed E-state index contributed by atoms with van der Waals surface area (Å²) in [4.78, 5) is 46.2. The Morgan fingerprint density at radius 3 is 2.66 bits per heavy atom. The molecule has 180 valence electrons. The Morgan fingerprint density at radius 1 is 1.11 bits per heavy atom. The molecular weight excluding hydrogens is 446 g/mol. The lowest BCUT2D eigenvalue weighted by molar-refractivity contribution is -0.128. The zero-order valence-electron chi connectivity index (χ0n) is 19.6. The largest absolute Gasteiger partial charge is 0.381 e. The van der Waals surface area contributed by atoms with Crippen LogP contribution in [0.1, 0.15) is 44.1 Å². The molecule has 3 aliphatic heterocycles. The van der Waals surface area contributed by atoms with E-state index in [4.69, 9.17) is 0 Å². The SMILES string of the molecule is CC(C)C[C@@H]1N[C@@H]2N(C1=O)c1ccccc1[C@]2(O)C[C@H]1C(=O)NCc2nc3ccccc3c(=O)n21. The van der Waals surface area contributed by atoms with Gasteiger partial charge in [0, 0.05) is 12.0 Å². The summed E-state index contributed by atoms with van der Waals surface area (Å²) >= 11 is 0. The zero-order valence-corrected chi connectivity index (χ0v) is 19.6. The number of nitrogens with one attached hydrogen (secondary N) is 2. The van der Waals surface area contributed by atoms with Crippen molar-refractivity contribution in [1.82, 2.24) is 20.2 Å². The van der Waals surface area contributed by atoms with Gasteiger partial charge in [-0.25, -0.2) is 4.98 Å². The van der Waals surface area contributed by atoms with Crippen molar-refractivity contribution in [1.29, 1.82) is 0 Å². The Balaban J connectivity index is 1.46. The summed E-state index contributed by atoms with van der Waals surface area (Å²) in [6, 6.07) is 12.8. The van der Waals surface area contributed by atoms with Gasteiger partial charge >= 0.3 is 0 Å². The highest BCUT2D eigenvalue weighted by Crippen LogP contribution is 2.49. The van der Waals surface area contributed by atoms with Crippen LogP contribution in [-0.4, -0.2) is 38.7 Å². The maximum absolute atomic E-state index is 13.5. The first kappa shape index (κ1) is 21.9. The van der Waals surface area contributed by atoms with Crippen molar-refractivity contribution in [3.8, 4) is 0 Å². The van der Waals surface area contributed by atoms with Gasteiger partial charge in [-0.3, -0.25) is 29.2 Å². The monoisotopic (exact) mass is 473 g/mol. The molecule has 35 heavy (non-hydrogen) atoms. The van der Waals surface area contributed by atoms with Crippen LogP contribution in [0.2, 0.25) is 0 Å². The van der Waals surface area contributed by atoms with E-state index in [0.717, 1.165) is 0 Å². The van der Waals surface area contributed by atoms with E-state index >= 15 is 0 Å². The average Bonchev–Trinajstić information content (AvgIpc) is 3.28. The van der Waals surface area contributed by atoms with E-state index in [2.05, 4.69) is 15.6 Å². The molecule has 3 aromatic rings. The van der Waals surface area contributed by atoms with Crippen molar-refractivity contribution in [2.45, 2.75) is 57.1 Å². The topological polar surface area (TPSA) is 117 Å². The van der Waals surface area contributed by atoms with Crippen LogP contribution in [0.25, 0.3) is 10.9 Å². The number of carbonyl (C=O) groups is 2. The molecule has 2 amide bonds. The van der Waals surface area contributed by atoms with Crippen molar-refractivity contribution < 1.29 is 14.7 Å². The fraction of sp³-hybridized carbons (Fsp3) is 0.385. The minimum Gasteiger partial charge on any atom is -0.381 e. The molecule has 0 radical (unpaired) electrons. The molecule has 0 bridgehead atoms. The lowest BCUT2D eigenvalue weighted by Crippen LogP contribution is -2.53. The van der Waals surface area contributed by atoms with Crippen LogP contribution < -0.4 is 21.1 Å². The van der Waals surface area contributed by atoms with Crippen LogP contribution in [0, 0.1) is 5.92 Å². The number of hydrogen-bond donors (Lipinski definition) is 3. The molecule has 0 saturated carbocycles. The minimum atomic E-state index is -1.58. The van der Waals surface area contributed by atoms with Gasteiger partial charge in [-0.15, -0.1) is 0 Å². The number of fused-ring (bicyclic) bond motifs is 5. The quantitative estimate of drug-likeness (QED) is 0.529. The highest BCUT2D eigenvalue weighted by atomic mass is 16.3. The van der Waals surface area contributed by atoms with Gasteiger partial charge < -0.3 is 10.4 Å². The number of amides is 2. The number of benzene rings is 2. The van der Waals surface area contributed by atoms with Gasteiger partial charge in [0.05, 0.1) is 29.2 Å². The van der Waals surface area contributed by atoms with E-state index in [1.165, 1.54) is 4.57 Å². The number of carbonyl (C=O) groups excluding carboxylic acids is 2. The van der Waals surface area contributed by atoms with Crippen LogP contribution in [-0.2, 0) is 21.7 Å². The van der Waals surface area contributed by atoms with Crippen molar-refractivity contribution in [2.24, 2.45) is 5.92 Å². The molecule has 3 N–H and O–H groups in total. The Labute approximate surface area is 201 Å². The highest BCUT2D eigenvalue weighted by Gasteiger charge is 2.59. The first-order valence-electron chi connectivity index (χ1n) is 12.0. The molecular formula is C26H27N5O4. The van der Waals surface area contributed by atoms with Crippen LogP contribution in [0.15, 0.2) is 53.3 Å². The molecule has 1 fully saturated rings. The molecule has 3 aliphatic rings. The maximum Gasteiger partial charge on any atom is 0.262 e. The summed E-state index contributed by atoms with van der Waals surface area (Å²) in [5.41, 5.74) is -0.140. The number of aromatic nitrogens is 2. The normalized spacial score (nSPS) is 27.2. The predicted molar refractivity (Wildman–Crippen MR) is 129 cm³/mol. The first-order valence-corrected chi connectivity index (χ1v) is 12.0. The minimum absolute atomic E-state index is 0.0847. The van der Waals surface area contributed by atoms with Gasteiger partial charge in [-0.2, -0.15) is 0 Å². The number of aliphatic hydroxyl groups is 1. The van der Waals surface area contributed by atoms with E-state index in [0.29, 0.717) is 34.4 Å². The van der Waals surface area contributed by atoms with E-state index in [1.807, 2.05) is 32.0 Å². The molecule has 1 aromatic heterocycles. The molecule has 4 heterocycles. The number of para-hydroxylation sites is 2. The Bertz CT molecular complexity index is 1430. The van der Waals surface area contributed by atoms with Crippen molar-refractivity contribution in [3.63, 3.8) is 0 Å². The second-order valence-corrected chi connectivity index (χ2v) is 10.1. The third-order valence-electron chi connectivity index (χ3n) is 7.36. The number of anilines is 1. The Morgan fingerprint density at radius 2 is 1.86 bits per heavy atom. The molecule has 9 nitrogen and oxygen atoms in total. The van der Waals surface area contributed by atoms with Crippen LogP contribution in [0.4, 0.5) is 5.69 Å². The summed E-state index contributed by atoms with van der Waals surface area (Å²) in [6.45, 7) is 4.23. The van der Waals surface area contributed by atoms with Crippen molar-refractivity contribution in [3.05, 3.63) is 70.3 Å². The van der Waals surface area contributed by atoms with Crippen molar-refractivity contribution in [2.75, 3.05) is 4.90 Å². The molecule has 6 rings (SSSR count). The molecule has 0 unspecified atom stereocenters. The predicted octanol–water partition coefficient (Wildman–Crippen LogP) is 1.54. The van der Waals surface area contributed by atoms with Gasteiger partial charge in [0.15, 0.2) is 0 Å². The summed E-state index contributed by atoms with van der Waals surface area (Å²) in [5.74, 6) is 0.279. The summed E-state index contributed by atoms with van der Waals surface area (Å²) in [5, 5.41) is 18.8. The highest BCUT2D eigenvalue weighted by molar-refractivity contribution is 6.02. The second-order valence-electron chi connectivity index (χ2n) is 10.1. The lowest BCUT2D eigenvalue weighted by atomic mass is 9.85.